The number of hydrogen-bond acceptors (Lipinski definition) is 6. The summed E-state index contributed by atoms with van der Waals surface area (Å²) in [6, 6.07) is 10.8. The number of rotatable bonds is 2. The molecule has 0 radical (unpaired) electrons. The molecule has 0 amide bonds. The van der Waals surface area contributed by atoms with Crippen LogP contribution in [0.2, 0.25) is 0 Å². The highest BCUT2D eigenvalue weighted by atomic mass is 16.3. The first kappa shape index (κ1) is 20.2. The first-order chi connectivity index (χ1) is 15.2. The van der Waals surface area contributed by atoms with Crippen LogP contribution in [0, 0.1) is 22.2 Å². The molecule has 3 heterocycles. The second-order valence-corrected chi connectivity index (χ2v) is 9.57. The zero-order valence-electron chi connectivity index (χ0n) is 18.0. The van der Waals surface area contributed by atoms with Crippen molar-refractivity contribution in [3.63, 3.8) is 0 Å². The van der Waals surface area contributed by atoms with Gasteiger partial charge in [-0.25, -0.2) is 0 Å². The lowest BCUT2D eigenvalue weighted by Gasteiger charge is -2.34. The van der Waals surface area contributed by atoms with Crippen LogP contribution in [-0.2, 0) is 4.79 Å². The summed E-state index contributed by atoms with van der Waals surface area (Å²) in [4.78, 5) is 43.6. The summed E-state index contributed by atoms with van der Waals surface area (Å²) in [5.41, 5.74) is -1.22. The normalized spacial score (nSPS) is 25.5. The molecule has 1 spiro atoms. The molecule has 2 aromatic rings. The summed E-state index contributed by atoms with van der Waals surface area (Å²) < 4.78 is 5.76. The van der Waals surface area contributed by atoms with E-state index in [9.17, 15) is 19.6 Å². The van der Waals surface area contributed by atoms with Crippen LogP contribution in [0.1, 0.15) is 53.2 Å². The topological polar surface area (TPSA) is 91.4 Å². The van der Waals surface area contributed by atoms with Gasteiger partial charge in [0.05, 0.1) is 29.8 Å². The van der Waals surface area contributed by atoms with Crippen LogP contribution in [0.4, 0.5) is 0 Å². The Morgan fingerprint density at radius 2 is 1.75 bits per heavy atom. The molecular formula is C26H22N2O4. The highest BCUT2D eigenvalue weighted by molar-refractivity contribution is 6.31. The molecule has 3 aliphatic rings. The SMILES string of the molecule is CC(C)(C)C(=O)[C@@H]1[C@H](c2ccco2)C2(C(=O)c3ccccc3C2=O)[C@@H]2C=CC(C#N)=CN12. The number of nitriles is 1. The first-order valence-electron chi connectivity index (χ1n) is 10.6. The molecular weight excluding hydrogens is 404 g/mol. The number of furan rings is 1. The van der Waals surface area contributed by atoms with E-state index < -0.39 is 28.8 Å². The van der Waals surface area contributed by atoms with E-state index in [4.69, 9.17) is 4.42 Å². The van der Waals surface area contributed by atoms with Crippen molar-refractivity contribution in [2.45, 2.75) is 38.8 Å². The van der Waals surface area contributed by atoms with E-state index in [2.05, 4.69) is 6.07 Å². The van der Waals surface area contributed by atoms with Gasteiger partial charge >= 0.3 is 0 Å². The third-order valence-corrected chi connectivity index (χ3v) is 6.82. The number of fused-ring (bicyclic) bond motifs is 3. The fraction of sp³-hybridized carbons (Fsp3) is 0.308. The Kier molecular flexibility index (Phi) is 4.19. The molecule has 1 fully saturated rings. The van der Waals surface area contributed by atoms with Crippen molar-refractivity contribution >= 4 is 17.3 Å². The minimum atomic E-state index is -1.55. The quantitative estimate of drug-likeness (QED) is 0.672. The van der Waals surface area contributed by atoms with Crippen LogP contribution in [0.5, 0.6) is 0 Å². The van der Waals surface area contributed by atoms with Crippen molar-refractivity contribution in [1.82, 2.24) is 4.90 Å². The van der Waals surface area contributed by atoms with E-state index in [0.717, 1.165) is 0 Å². The number of hydrogen-bond donors (Lipinski definition) is 0. The molecule has 32 heavy (non-hydrogen) atoms. The highest BCUT2D eigenvalue weighted by Gasteiger charge is 2.72. The summed E-state index contributed by atoms with van der Waals surface area (Å²) in [7, 11) is 0. The van der Waals surface area contributed by atoms with Gasteiger partial charge in [-0.3, -0.25) is 14.4 Å². The smallest absolute Gasteiger partial charge is 0.180 e. The Morgan fingerprint density at radius 1 is 1.09 bits per heavy atom. The van der Waals surface area contributed by atoms with E-state index in [1.54, 1.807) is 59.7 Å². The van der Waals surface area contributed by atoms with Crippen molar-refractivity contribution in [1.29, 1.82) is 5.26 Å². The van der Waals surface area contributed by atoms with E-state index in [1.807, 2.05) is 20.8 Å². The van der Waals surface area contributed by atoms with Crippen molar-refractivity contribution in [2.75, 3.05) is 0 Å². The van der Waals surface area contributed by atoms with Gasteiger partial charge in [-0.1, -0.05) is 51.1 Å². The van der Waals surface area contributed by atoms with Crippen LogP contribution in [0.15, 0.2) is 71.0 Å². The molecule has 0 bridgehead atoms. The lowest BCUT2D eigenvalue weighted by Crippen LogP contribution is -2.47. The number of carbonyl (C=O) groups excluding carboxylic acids is 3. The van der Waals surface area contributed by atoms with Gasteiger partial charge in [-0.05, 0) is 18.2 Å². The van der Waals surface area contributed by atoms with Crippen molar-refractivity contribution < 1.29 is 18.8 Å². The van der Waals surface area contributed by atoms with Crippen LogP contribution in [0.25, 0.3) is 0 Å². The van der Waals surface area contributed by atoms with E-state index in [-0.39, 0.29) is 17.3 Å². The lowest BCUT2D eigenvalue weighted by atomic mass is 9.65. The maximum atomic E-state index is 14.0. The maximum absolute atomic E-state index is 14.0. The average molecular weight is 426 g/mol. The second-order valence-electron chi connectivity index (χ2n) is 9.57. The third kappa shape index (κ3) is 2.42. The van der Waals surface area contributed by atoms with Crippen LogP contribution in [0.3, 0.4) is 0 Å². The monoisotopic (exact) mass is 426 g/mol. The van der Waals surface area contributed by atoms with Gasteiger partial charge in [-0.15, -0.1) is 0 Å². The Bertz CT molecular complexity index is 1220. The molecule has 0 unspecified atom stereocenters. The molecule has 2 aliphatic heterocycles. The van der Waals surface area contributed by atoms with E-state index >= 15 is 0 Å². The predicted octanol–water partition coefficient (Wildman–Crippen LogP) is 4.07. The first-order valence-corrected chi connectivity index (χ1v) is 10.6. The van der Waals surface area contributed by atoms with Gasteiger partial charge in [0, 0.05) is 22.7 Å². The molecule has 160 valence electrons. The van der Waals surface area contributed by atoms with Crippen molar-refractivity contribution in [3.05, 3.63) is 83.5 Å². The van der Waals surface area contributed by atoms with Gasteiger partial charge in [0.25, 0.3) is 0 Å². The minimum absolute atomic E-state index is 0.124. The van der Waals surface area contributed by atoms with Crippen LogP contribution < -0.4 is 0 Å². The summed E-state index contributed by atoms with van der Waals surface area (Å²) in [6.45, 7) is 5.45. The third-order valence-electron chi connectivity index (χ3n) is 6.82. The van der Waals surface area contributed by atoms with Gasteiger partial charge < -0.3 is 9.32 Å². The zero-order valence-corrected chi connectivity index (χ0v) is 18.0. The fourth-order valence-corrected chi connectivity index (χ4v) is 5.45. The Hall–Kier alpha value is -3.72. The number of nitrogens with zero attached hydrogens (tertiary/aromatic N) is 2. The number of benzene rings is 1. The minimum Gasteiger partial charge on any atom is -0.469 e. The number of carbonyl (C=O) groups is 3. The van der Waals surface area contributed by atoms with E-state index in [1.165, 1.54) is 6.26 Å². The number of allylic oxidation sites excluding steroid dienone is 2. The summed E-state index contributed by atoms with van der Waals surface area (Å²) in [5.74, 6) is -1.16. The summed E-state index contributed by atoms with van der Waals surface area (Å²) in [5, 5.41) is 9.51. The maximum Gasteiger partial charge on any atom is 0.180 e. The molecule has 1 aromatic heterocycles. The Labute approximate surface area is 185 Å². The van der Waals surface area contributed by atoms with E-state index in [0.29, 0.717) is 22.5 Å². The second kappa shape index (κ2) is 6.64. The van der Waals surface area contributed by atoms with Crippen LogP contribution >= 0.6 is 0 Å². The standard InChI is InChI=1S/C26H22N2O4/c1-25(2,3)24(31)21-20(18-9-6-12-32-18)26(19-11-10-15(13-27)14-28(19)21)22(29)16-7-4-5-8-17(16)23(26)30/h4-12,14,19-21H,1-3H3/t19-,20-,21-/m0/s1. The molecule has 6 heteroatoms. The zero-order chi connectivity index (χ0) is 22.8. The fourth-order valence-electron chi connectivity index (χ4n) is 5.45. The number of Topliss-reactive ketones (excluding diaryl/α,β-unsaturated/α-hetero) is 3. The predicted molar refractivity (Wildman–Crippen MR) is 116 cm³/mol. The molecule has 5 rings (SSSR count). The molecule has 0 saturated carbocycles. The largest absolute Gasteiger partial charge is 0.469 e. The van der Waals surface area contributed by atoms with Crippen LogP contribution in [-0.4, -0.2) is 34.3 Å². The molecule has 6 nitrogen and oxygen atoms in total. The molecule has 0 N–H and O–H groups in total. The van der Waals surface area contributed by atoms with Crippen molar-refractivity contribution in [3.8, 4) is 6.07 Å². The highest BCUT2D eigenvalue weighted by Crippen LogP contribution is 2.59. The number of ketones is 3. The van der Waals surface area contributed by atoms with Gasteiger partial charge in [0.2, 0.25) is 0 Å². The average Bonchev–Trinajstić information content (AvgIpc) is 3.45. The summed E-state index contributed by atoms with van der Waals surface area (Å²) in [6.07, 6.45) is 6.43. The summed E-state index contributed by atoms with van der Waals surface area (Å²) >= 11 is 0. The Balaban J connectivity index is 1.83. The van der Waals surface area contributed by atoms with Crippen molar-refractivity contribution in [2.24, 2.45) is 10.8 Å². The van der Waals surface area contributed by atoms with Gasteiger partial charge in [0.15, 0.2) is 17.3 Å². The molecule has 1 saturated heterocycles. The Morgan fingerprint density at radius 3 is 2.28 bits per heavy atom. The van der Waals surface area contributed by atoms with Gasteiger partial charge in [-0.2, -0.15) is 5.26 Å². The van der Waals surface area contributed by atoms with Gasteiger partial charge in [0.1, 0.15) is 17.2 Å². The molecule has 1 aromatic carbocycles. The molecule has 1 aliphatic carbocycles. The lowest BCUT2D eigenvalue weighted by molar-refractivity contribution is -0.130. The molecule has 3 atom stereocenters.